The number of benzene rings is 2. The predicted molar refractivity (Wildman–Crippen MR) is 94.5 cm³/mol. The van der Waals surface area contributed by atoms with E-state index in [4.69, 9.17) is 18.9 Å². The molecule has 1 unspecified atom stereocenters. The molecule has 0 radical (unpaired) electrons. The lowest BCUT2D eigenvalue weighted by molar-refractivity contribution is 0.173. The highest BCUT2D eigenvalue weighted by Gasteiger charge is 2.22. The smallest absolute Gasteiger partial charge is 0.231 e. The Morgan fingerprint density at radius 2 is 2.00 bits per heavy atom. The third-order valence-electron chi connectivity index (χ3n) is 4.49. The van der Waals surface area contributed by atoms with Gasteiger partial charge in [0.15, 0.2) is 11.5 Å². The van der Waals surface area contributed by atoms with Crippen LogP contribution >= 0.6 is 0 Å². The summed E-state index contributed by atoms with van der Waals surface area (Å²) in [5.41, 5.74) is 3.43. The van der Waals surface area contributed by atoms with Crippen molar-refractivity contribution in [3.05, 3.63) is 47.0 Å². The molecule has 5 nitrogen and oxygen atoms in total. The van der Waals surface area contributed by atoms with Crippen LogP contribution < -0.4 is 24.3 Å². The lowest BCUT2D eigenvalue weighted by Gasteiger charge is -2.14. The molecule has 1 atom stereocenters. The second-order valence-corrected chi connectivity index (χ2v) is 6.39. The third kappa shape index (κ3) is 3.24. The number of ether oxygens (including phenoxy) is 4. The van der Waals surface area contributed by atoms with Gasteiger partial charge in [0.1, 0.15) is 17.6 Å². The van der Waals surface area contributed by atoms with Crippen LogP contribution in [0.25, 0.3) is 0 Å². The largest absolute Gasteiger partial charge is 0.494 e. The molecule has 0 amide bonds. The summed E-state index contributed by atoms with van der Waals surface area (Å²) >= 11 is 0. The summed E-state index contributed by atoms with van der Waals surface area (Å²) in [5.74, 6) is 3.56. The van der Waals surface area contributed by atoms with E-state index in [0.717, 1.165) is 40.5 Å². The van der Waals surface area contributed by atoms with Crippen LogP contribution in [0.5, 0.6) is 23.0 Å². The molecule has 2 heterocycles. The molecule has 0 aliphatic carbocycles. The Morgan fingerprint density at radius 1 is 1.12 bits per heavy atom. The van der Waals surface area contributed by atoms with Crippen molar-refractivity contribution in [1.29, 1.82) is 0 Å². The molecule has 0 saturated carbocycles. The van der Waals surface area contributed by atoms with Gasteiger partial charge in [-0.1, -0.05) is 12.1 Å². The number of hydrogen-bond donors (Lipinski definition) is 1. The average molecular weight is 341 g/mol. The van der Waals surface area contributed by atoms with Crippen LogP contribution in [-0.4, -0.2) is 19.5 Å². The zero-order valence-corrected chi connectivity index (χ0v) is 14.6. The van der Waals surface area contributed by atoms with E-state index in [0.29, 0.717) is 26.5 Å². The van der Waals surface area contributed by atoms with Gasteiger partial charge in [-0.3, -0.25) is 0 Å². The van der Waals surface area contributed by atoms with Gasteiger partial charge in [0.05, 0.1) is 6.61 Å². The SMILES string of the molecule is CCOc1cc2c(cc1CNCc1cccc3c1OCO3)OC(C)C2. The third-order valence-corrected chi connectivity index (χ3v) is 4.49. The van der Waals surface area contributed by atoms with Crippen LogP contribution in [0.2, 0.25) is 0 Å². The highest BCUT2D eigenvalue weighted by atomic mass is 16.7. The van der Waals surface area contributed by atoms with Gasteiger partial charge < -0.3 is 24.3 Å². The number of fused-ring (bicyclic) bond motifs is 2. The molecule has 0 bridgehead atoms. The summed E-state index contributed by atoms with van der Waals surface area (Å²) in [5, 5.41) is 3.48. The van der Waals surface area contributed by atoms with Crippen LogP contribution in [-0.2, 0) is 19.5 Å². The second-order valence-electron chi connectivity index (χ2n) is 6.39. The summed E-state index contributed by atoms with van der Waals surface area (Å²) in [4.78, 5) is 0. The van der Waals surface area contributed by atoms with Crippen molar-refractivity contribution >= 4 is 0 Å². The Labute approximate surface area is 147 Å². The molecule has 2 aromatic carbocycles. The minimum absolute atomic E-state index is 0.233. The zero-order valence-electron chi connectivity index (χ0n) is 14.6. The molecular weight excluding hydrogens is 318 g/mol. The number of hydrogen-bond acceptors (Lipinski definition) is 5. The Balaban J connectivity index is 1.48. The molecule has 2 aliphatic heterocycles. The van der Waals surface area contributed by atoms with E-state index in [2.05, 4.69) is 30.4 Å². The molecule has 0 spiro atoms. The van der Waals surface area contributed by atoms with Gasteiger partial charge >= 0.3 is 0 Å². The molecule has 2 aliphatic rings. The minimum atomic E-state index is 0.233. The molecule has 1 N–H and O–H groups in total. The molecule has 0 saturated heterocycles. The zero-order chi connectivity index (χ0) is 17.2. The molecule has 2 aromatic rings. The summed E-state index contributed by atoms with van der Waals surface area (Å²) in [7, 11) is 0. The van der Waals surface area contributed by atoms with Crippen molar-refractivity contribution in [2.75, 3.05) is 13.4 Å². The fraction of sp³-hybridized carbons (Fsp3) is 0.400. The first-order valence-corrected chi connectivity index (χ1v) is 8.78. The van der Waals surface area contributed by atoms with Gasteiger partial charge in [-0.25, -0.2) is 0 Å². The number of rotatable bonds is 6. The first kappa shape index (κ1) is 16.1. The lowest BCUT2D eigenvalue weighted by Crippen LogP contribution is -2.14. The van der Waals surface area contributed by atoms with E-state index in [1.165, 1.54) is 5.56 Å². The molecule has 4 rings (SSSR count). The van der Waals surface area contributed by atoms with Crippen molar-refractivity contribution in [2.24, 2.45) is 0 Å². The molecule has 0 aromatic heterocycles. The predicted octanol–water partition coefficient (Wildman–Crippen LogP) is 3.43. The highest BCUT2D eigenvalue weighted by molar-refractivity contribution is 5.49. The summed E-state index contributed by atoms with van der Waals surface area (Å²) in [6.45, 7) is 6.45. The molecule has 5 heteroatoms. The summed E-state index contributed by atoms with van der Waals surface area (Å²) in [6, 6.07) is 10.2. The Bertz CT molecular complexity index is 775. The first-order valence-electron chi connectivity index (χ1n) is 8.78. The summed E-state index contributed by atoms with van der Waals surface area (Å²) < 4.78 is 22.7. The minimum Gasteiger partial charge on any atom is -0.494 e. The molecular formula is C20H23NO4. The maximum Gasteiger partial charge on any atom is 0.231 e. The number of nitrogens with one attached hydrogen (secondary N) is 1. The molecule has 132 valence electrons. The standard InChI is InChI=1S/C20H23NO4/c1-3-22-18-8-15-7-13(2)25-19(15)9-16(18)11-21-10-14-5-4-6-17-20(14)24-12-23-17/h4-6,8-9,13,21H,3,7,10-12H2,1-2H3. The molecule has 25 heavy (non-hydrogen) atoms. The summed E-state index contributed by atoms with van der Waals surface area (Å²) in [6.07, 6.45) is 1.17. The Kier molecular flexibility index (Phi) is 4.40. The van der Waals surface area contributed by atoms with Gasteiger partial charge in [0.2, 0.25) is 6.79 Å². The van der Waals surface area contributed by atoms with Gasteiger partial charge in [0.25, 0.3) is 0 Å². The highest BCUT2D eigenvalue weighted by Crippen LogP contribution is 2.36. The van der Waals surface area contributed by atoms with Gasteiger partial charge in [0, 0.05) is 36.2 Å². The van der Waals surface area contributed by atoms with Crippen molar-refractivity contribution in [1.82, 2.24) is 5.32 Å². The molecule has 0 fully saturated rings. The van der Waals surface area contributed by atoms with Gasteiger partial charge in [-0.15, -0.1) is 0 Å². The van der Waals surface area contributed by atoms with Crippen LogP contribution in [0.3, 0.4) is 0 Å². The van der Waals surface area contributed by atoms with Crippen molar-refractivity contribution in [2.45, 2.75) is 39.5 Å². The van der Waals surface area contributed by atoms with E-state index >= 15 is 0 Å². The second kappa shape index (κ2) is 6.84. The lowest BCUT2D eigenvalue weighted by atomic mass is 10.1. The van der Waals surface area contributed by atoms with E-state index in [-0.39, 0.29) is 6.10 Å². The maximum atomic E-state index is 5.89. The van der Waals surface area contributed by atoms with E-state index in [1.54, 1.807) is 0 Å². The fourth-order valence-corrected chi connectivity index (χ4v) is 3.37. The van der Waals surface area contributed by atoms with E-state index in [9.17, 15) is 0 Å². The average Bonchev–Trinajstić information content (AvgIpc) is 3.21. The monoisotopic (exact) mass is 341 g/mol. The van der Waals surface area contributed by atoms with E-state index in [1.807, 2.05) is 19.1 Å². The first-order chi connectivity index (χ1) is 12.2. The van der Waals surface area contributed by atoms with Gasteiger partial charge in [-0.2, -0.15) is 0 Å². The van der Waals surface area contributed by atoms with Crippen LogP contribution in [0, 0.1) is 0 Å². The van der Waals surface area contributed by atoms with Crippen molar-refractivity contribution < 1.29 is 18.9 Å². The van der Waals surface area contributed by atoms with Crippen LogP contribution in [0.15, 0.2) is 30.3 Å². The Hall–Kier alpha value is -2.40. The maximum absolute atomic E-state index is 5.89. The van der Waals surface area contributed by atoms with E-state index < -0.39 is 0 Å². The Morgan fingerprint density at radius 3 is 2.88 bits per heavy atom. The van der Waals surface area contributed by atoms with Crippen LogP contribution in [0.4, 0.5) is 0 Å². The fourth-order valence-electron chi connectivity index (χ4n) is 3.37. The quantitative estimate of drug-likeness (QED) is 0.872. The van der Waals surface area contributed by atoms with Crippen molar-refractivity contribution in [3.8, 4) is 23.0 Å². The number of para-hydroxylation sites is 1. The normalized spacial score (nSPS) is 17.3. The van der Waals surface area contributed by atoms with Gasteiger partial charge in [-0.05, 0) is 32.0 Å². The topological polar surface area (TPSA) is 49.0 Å². The van der Waals surface area contributed by atoms with Crippen LogP contribution in [0.1, 0.15) is 30.5 Å². The van der Waals surface area contributed by atoms with Crippen molar-refractivity contribution in [3.63, 3.8) is 0 Å².